The zero-order valence-corrected chi connectivity index (χ0v) is 16.2. The molecular weight excluding hydrogens is 361 g/mol. The van der Waals surface area contributed by atoms with Crippen molar-refractivity contribution in [2.24, 2.45) is 0 Å². The predicted octanol–water partition coefficient (Wildman–Crippen LogP) is 5.11. The van der Waals surface area contributed by atoms with Gasteiger partial charge in [0.2, 0.25) is 0 Å². The summed E-state index contributed by atoms with van der Waals surface area (Å²) in [6, 6.07) is 13.2. The summed E-state index contributed by atoms with van der Waals surface area (Å²) in [7, 11) is 1.67. The first kappa shape index (κ1) is 17.9. The molecule has 3 aromatic rings. The van der Waals surface area contributed by atoms with E-state index < -0.39 is 0 Å². The van der Waals surface area contributed by atoms with Crippen molar-refractivity contribution in [1.29, 1.82) is 0 Å². The number of hydrogen-bond acceptors (Lipinski definition) is 4. The molecule has 0 fully saturated rings. The lowest BCUT2D eigenvalue weighted by atomic mass is 10.1. The normalized spacial score (nSPS) is 16.7. The molecule has 2 aromatic carbocycles. The van der Waals surface area contributed by atoms with E-state index in [1.807, 2.05) is 37.4 Å². The van der Waals surface area contributed by atoms with E-state index in [0.717, 1.165) is 52.9 Å². The Morgan fingerprint density at radius 1 is 1.30 bits per heavy atom. The molecule has 0 amide bonds. The molecule has 1 N–H and O–H groups in total. The lowest BCUT2D eigenvalue weighted by Crippen LogP contribution is -2.24. The molecule has 1 aliphatic rings. The number of aromatic nitrogens is 2. The quantitative estimate of drug-likeness (QED) is 0.680. The van der Waals surface area contributed by atoms with Gasteiger partial charge in [0.15, 0.2) is 0 Å². The van der Waals surface area contributed by atoms with E-state index in [4.69, 9.17) is 4.74 Å². The lowest BCUT2D eigenvalue weighted by Gasteiger charge is -2.24. The highest BCUT2D eigenvalue weighted by Gasteiger charge is 2.25. The highest BCUT2D eigenvalue weighted by molar-refractivity contribution is 7.99. The number of nitrogens with zero attached hydrogens (tertiary/aromatic N) is 2. The van der Waals surface area contributed by atoms with Crippen molar-refractivity contribution in [3.63, 3.8) is 0 Å². The molecule has 0 spiro atoms. The van der Waals surface area contributed by atoms with Crippen LogP contribution in [0, 0.1) is 12.7 Å². The fourth-order valence-electron chi connectivity index (χ4n) is 3.46. The maximum absolute atomic E-state index is 14.4. The minimum atomic E-state index is -0.142. The van der Waals surface area contributed by atoms with Gasteiger partial charge in [-0.2, -0.15) is 0 Å². The summed E-state index contributed by atoms with van der Waals surface area (Å²) >= 11 is 1.71. The van der Waals surface area contributed by atoms with E-state index in [2.05, 4.69) is 20.9 Å². The summed E-state index contributed by atoms with van der Waals surface area (Å²) in [5.41, 5.74) is 2.98. The van der Waals surface area contributed by atoms with Crippen molar-refractivity contribution in [3.8, 4) is 5.75 Å². The number of aromatic amines is 1. The first-order valence-corrected chi connectivity index (χ1v) is 9.86. The molecular formula is C21H22FN3OS. The molecule has 2 heterocycles. The van der Waals surface area contributed by atoms with Crippen LogP contribution in [0.25, 0.3) is 0 Å². The van der Waals surface area contributed by atoms with Crippen LogP contribution in [0.15, 0.2) is 53.6 Å². The summed E-state index contributed by atoms with van der Waals surface area (Å²) in [6.07, 6.45) is 2.74. The van der Waals surface area contributed by atoms with Gasteiger partial charge >= 0.3 is 0 Å². The number of benzene rings is 2. The minimum Gasteiger partial charge on any atom is -0.497 e. The van der Waals surface area contributed by atoms with Gasteiger partial charge in [-0.05, 0) is 37.6 Å². The second-order valence-electron chi connectivity index (χ2n) is 6.67. The van der Waals surface area contributed by atoms with Gasteiger partial charge in [-0.15, -0.1) is 11.8 Å². The van der Waals surface area contributed by atoms with E-state index >= 15 is 0 Å². The molecule has 0 aliphatic carbocycles. The third-order valence-corrected chi connectivity index (χ3v) is 6.16. The Morgan fingerprint density at radius 3 is 2.89 bits per heavy atom. The fourth-order valence-corrected chi connectivity index (χ4v) is 4.81. The highest BCUT2D eigenvalue weighted by atomic mass is 32.2. The lowest BCUT2D eigenvalue weighted by molar-refractivity contribution is 0.413. The smallest absolute Gasteiger partial charge is 0.127 e. The average molecular weight is 383 g/mol. The molecule has 0 bridgehead atoms. The zero-order chi connectivity index (χ0) is 18.8. The molecule has 0 unspecified atom stereocenters. The summed E-state index contributed by atoms with van der Waals surface area (Å²) < 4.78 is 19.8. The number of aryl methyl sites for hydroxylation is 1. The van der Waals surface area contributed by atoms with Crippen LogP contribution in [0.1, 0.15) is 28.8 Å². The van der Waals surface area contributed by atoms with E-state index in [1.165, 1.54) is 0 Å². The van der Waals surface area contributed by atoms with Crippen molar-refractivity contribution < 1.29 is 9.13 Å². The summed E-state index contributed by atoms with van der Waals surface area (Å²) in [4.78, 5) is 11.0. The molecule has 140 valence electrons. The van der Waals surface area contributed by atoms with Crippen LogP contribution in [0.4, 0.5) is 10.1 Å². The van der Waals surface area contributed by atoms with E-state index in [0.29, 0.717) is 0 Å². The summed E-state index contributed by atoms with van der Waals surface area (Å²) in [5.74, 6) is 1.58. The monoisotopic (exact) mass is 383 g/mol. The van der Waals surface area contributed by atoms with Gasteiger partial charge in [-0.25, -0.2) is 9.37 Å². The van der Waals surface area contributed by atoms with Crippen LogP contribution in [-0.2, 0) is 6.54 Å². The van der Waals surface area contributed by atoms with E-state index in [1.54, 1.807) is 31.0 Å². The number of nitrogens with one attached hydrogen (secondary N) is 1. The minimum absolute atomic E-state index is 0.0607. The zero-order valence-electron chi connectivity index (χ0n) is 15.4. The van der Waals surface area contributed by atoms with Crippen molar-refractivity contribution in [2.75, 3.05) is 18.6 Å². The van der Waals surface area contributed by atoms with Crippen LogP contribution in [0.2, 0.25) is 0 Å². The molecule has 4 rings (SSSR count). The molecule has 1 aliphatic heterocycles. The van der Waals surface area contributed by atoms with Gasteiger partial charge in [0.1, 0.15) is 17.4 Å². The molecule has 0 saturated carbocycles. The van der Waals surface area contributed by atoms with Crippen molar-refractivity contribution >= 4 is 17.4 Å². The van der Waals surface area contributed by atoms with Gasteiger partial charge in [-0.1, -0.05) is 18.2 Å². The predicted molar refractivity (Wildman–Crippen MR) is 107 cm³/mol. The molecule has 0 saturated heterocycles. The second kappa shape index (κ2) is 7.64. The Bertz CT molecular complexity index is 943. The third kappa shape index (κ3) is 3.81. The van der Waals surface area contributed by atoms with Gasteiger partial charge < -0.3 is 14.6 Å². The van der Waals surface area contributed by atoms with E-state index in [-0.39, 0.29) is 11.1 Å². The van der Waals surface area contributed by atoms with Crippen molar-refractivity contribution in [1.82, 2.24) is 9.97 Å². The molecule has 4 nitrogen and oxygen atoms in total. The van der Waals surface area contributed by atoms with Crippen LogP contribution < -0.4 is 9.64 Å². The maximum atomic E-state index is 14.4. The number of H-pyrrole nitrogens is 1. The first-order chi connectivity index (χ1) is 13.1. The van der Waals surface area contributed by atoms with Gasteiger partial charge in [0.05, 0.1) is 31.2 Å². The number of halogens is 1. The van der Waals surface area contributed by atoms with Crippen LogP contribution in [0.5, 0.6) is 5.75 Å². The average Bonchev–Trinajstić information content (AvgIpc) is 3.00. The first-order valence-electron chi connectivity index (χ1n) is 8.98. The van der Waals surface area contributed by atoms with Crippen LogP contribution in [0.3, 0.4) is 0 Å². The molecule has 6 heteroatoms. The Hall–Kier alpha value is -2.47. The van der Waals surface area contributed by atoms with E-state index in [9.17, 15) is 4.39 Å². The van der Waals surface area contributed by atoms with Crippen molar-refractivity contribution in [3.05, 3.63) is 71.6 Å². The number of imidazole rings is 1. The highest BCUT2D eigenvalue weighted by Crippen LogP contribution is 2.47. The largest absolute Gasteiger partial charge is 0.497 e. The van der Waals surface area contributed by atoms with Crippen LogP contribution in [-0.4, -0.2) is 23.6 Å². The maximum Gasteiger partial charge on any atom is 0.127 e. The Labute approximate surface area is 162 Å². The third-order valence-electron chi connectivity index (χ3n) is 4.81. The standard InChI is InChI=1S/C21H22FN3OS/c1-14-23-12-15(24-14)13-25-10-9-20(17-5-3-4-6-18(17)22)27-21-11-16(26-2)7-8-19(21)25/h3-8,11-12,20H,9-10,13H2,1-2H3,(H,23,24)/t20-/m0/s1. The number of thioether (sulfide) groups is 1. The second-order valence-corrected chi connectivity index (χ2v) is 7.91. The molecule has 1 aromatic heterocycles. The summed E-state index contributed by atoms with van der Waals surface area (Å²) in [6.45, 7) is 3.53. The number of rotatable bonds is 4. The number of ether oxygens (including phenoxy) is 1. The Balaban J connectivity index is 1.69. The number of fused-ring (bicyclic) bond motifs is 1. The SMILES string of the molecule is COc1ccc2c(c1)S[C@H](c1ccccc1F)CCN2Cc1cnc(C)[nH]1. The van der Waals surface area contributed by atoms with Gasteiger partial charge in [0.25, 0.3) is 0 Å². The fraction of sp³-hybridized carbons (Fsp3) is 0.286. The topological polar surface area (TPSA) is 41.1 Å². The Morgan fingerprint density at radius 2 is 2.15 bits per heavy atom. The van der Waals surface area contributed by atoms with Crippen molar-refractivity contribution in [2.45, 2.75) is 30.0 Å². The molecule has 27 heavy (non-hydrogen) atoms. The van der Waals surface area contributed by atoms with Gasteiger partial charge in [-0.3, -0.25) is 0 Å². The van der Waals surface area contributed by atoms with Gasteiger partial charge in [0, 0.05) is 22.3 Å². The molecule has 1 atom stereocenters. The Kier molecular flexibility index (Phi) is 5.07. The molecule has 0 radical (unpaired) electrons. The number of hydrogen-bond donors (Lipinski definition) is 1. The summed E-state index contributed by atoms with van der Waals surface area (Å²) in [5, 5.41) is 0.0607. The number of anilines is 1. The number of methoxy groups -OCH3 is 1. The van der Waals surface area contributed by atoms with Crippen LogP contribution >= 0.6 is 11.8 Å².